The SMILES string of the molecule is CCCCC(C)(CC)C(C)CCCC(C)C(C)C. The molecule has 0 aromatic carbocycles. The summed E-state index contributed by atoms with van der Waals surface area (Å²) in [5.74, 6) is 2.62. The Kier molecular flexibility index (Phi) is 8.99. The van der Waals surface area contributed by atoms with Gasteiger partial charge in [-0.3, -0.25) is 0 Å². The Morgan fingerprint density at radius 3 is 1.94 bits per heavy atom. The van der Waals surface area contributed by atoms with E-state index in [1.165, 1.54) is 44.9 Å². The summed E-state index contributed by atoms with van der Waals surface area (Å²) in [5.41, 5.74) is 0.580. The third kappa shape index (κ3) is 6.25. The number of hydrogen-bond donors (Lipinski definition) is 0. The molecule has 0 saturated carbocycles. The largest absolute Gasteiger partial charge is 0.0654 e. The van der Waals surface area contributed by atoms with Crippen LogP contribution in [-0.4, -0.2) is 0 Å². The van der Waals surface area contributed by atoms with Gasteiger partial charge in [-0.1, -0.05) is 87.0 Å². The van der Waals surface area contributed by atoms with Gasteiger partial charge in [-0.05, 0) is 29.6 Å². The van der Waals surface area contributed by atoms with E-state index in [-0.39, 0.29) is 0 Å². The fourth-order valence-corrected chi connectivity index (χ4v) is 2.78. The smallest absolute Gasteiger partial charge is 0.0303 e. The molecule has 18 heavy (non-hydrogen) atoms. The number of rotatable bonds is 10. The van der Waals surface area contributed by atoms with Crippen molar-refractivity contribution < 1.29 is 0 Å². The third-order valence-corrected chi connectivity index (χ3v) is 5.53. The standard InChI is InChI=1S/C18H38/c1-8-10-14-18(7,9-2)17(6)13-11-12-16(5)15(3)4/h15-17H,8-14H2,1-7H3. The van der Waals surface area contributed by atoms with E-state index in [1.54, 1.807) is 0 Å². The van der Waals surface area contributed by atoms with Gasteiger partial charge in [0.15, 0.2) is 0 Å². The fourth-order valence-electron chi connectivity index (χ4n) is 2.78. The summed E-state index contributed by atoms with van der Waals surface area (Å²) >= 11 is 0. The van der Waals surface area contributed by atoms with E-state index in [2.05, 4.69) is 48.5 Å². The highest BCUT2D eigenvalue weighted by Gasteiger charge is 2.28. The number of unbranched alkanes of at least 4 members (excludes halogenated alkanes) is 1. The minimum Gasteiger partial charge on any atom is -0.0654 e. The van der Waals surface area contributed by atoms with Crippen molar-refractivity contribution in [1.82, 2.24) is 0 Å². The zero-order valence-corrected chi connectivity index (χ0v) is 14.2. The first-order valence-corrected chi connectivity index (χ1v) is 8.37. The van der Waals surface area contributed by atoms with Gasteiger partial charge in [-0.2, -0.15) is 0 Å². The van der Waals surface area contributed by atoms with Gasteiger partial charge < -0.3 is 0 Å². The molecule has 0 radical (unpaired) electrons. The van der Waals surface area contributed by atoms with Crippen LogP contribution < -0.4 is 0 Å². The van der Waals surface area contributed by atoms with Crippen LogP contribution in [0.4, 0.5) is 0 Å². The van der Waals surface area contributed by atoms with Crippen molar-refractivity contribution in [3.63, 3.8) is 0 Å². The lowest BCUT2D eigenvalue weighted by atomic mass is 9.70. The highest BCUT2D eigenvalue weighted by molar-refractivity contribution is 4.79. The van der Waals surface area contributed by atoms with Crippen LogP contribution in [0, 0.1) is 23.2 Å². The molecule has 0 heteroatoms. The summed E-state index contributed by atoms with van der Waals surface area (Å²) in [6.45, 7) is 16.8. The highest BCUT2D eigenvalue weighted by atomic mass is 14.3. The van der Waals surface area contributed by atoms with Crippen molar-refractivity contribution in [2.24, 2.45) is 23.2 Å². The first-order chi connectivity index (χ1) is 8.37. The van der Waals surface area contributed by atoms with E-state index < -0.39 is 0 Å². The van der Waals surface area contributed by atoms with Crippen LogP contribution in [0.1, 0.15) is 93.4 Å². The maximum atomic E-state index is 2.51. The van der Waals surface area contributed by atoms with Gasteiger partial charge in [-0.15, -0.1) is 0 Å². The van der Waals surface area contributed by atoms with Crippen LogP contribution in [0.5, 0.6) is 0 Å². The van der Waals surface area contributed by atoms with E-state index in [4.69, 9.17) is 0 Å². The molecule has 0 aliphatic heterocycles. The molecule has 0 aliphatic rings. The average molecular weight is 255 g/mol. The summed E-state index contributed by atoms with van der Waals surface area (Å²) in [7, 11) is 0. The van der Waals surface area contributed by atoms with Gasteiger partial charge >= 0.3 is 0 Å². The summed E-state index contributed by atoms with van der Waals surface area (Å²) in [4.78, 5) is 0. The van der Waals surface area contributed by atoms with E-state index in [0.29, 0.717) is 5.41 Å². The summed E-state index contributed by atoms with van der Waals surface area (Å²) in [6, 6.07) is 0. The van der Waals surface area contributed by atoms with E-state index >= 15 is 0 Å². The molecule has 0 aromatic rings. The molecule has 0 saturated heterocycles. The van der Waals surface area contributed by atoms with E-state index in [0.717, 1.165) is 17.8 Å². The Morgan fingerprint density at radius 1 is 0.889 bits per heavy atom. The van der Waals surface area contributed by atoms with Crippen LogP contribution in [0.2, 0.25) is 0 Å². The van der Waals surface area contributed by atoms with Gasteiger partial charge in [0, 0.05) is 0 Å². The van der Waals surface area contributed by atoms with Crippen LogP contribution in [0.15, 0.2) is 0 Å². The molecule has 0 N–H and O–H groups in total. The summed E-state index contributed by atoms with van der Waals surface area (Å²) < 4.78 is 0. The van der Waals surface area contributed by atoms with Gasteiger partial charge in [0.05, 0.1) is 0 Å². The molecular formula is C18H38. The summed E-state index contributed by atoms with van der Waals surface area (Å²) in [6.07, 6.45) is 9.75. The molecule has 0 heterocycles. The van der Waals surface area contributed by atoms with Crippen molar-refractivity contribution in [2.45, 2.75) is 93.4 Å². The predicted molar refractivity (Wildman–Crippen MR) is 84.9 cm³/mol. The molecule has 0 amide bonds. The van der Waals surface area contributed by atoms with Crippen LogP contribution in [0.25, 0.3) is 0 Å². The molecule has 0 nitrogen and oxygen atoms in total. The lowest BCUT2D eigenvalue weighted by molar-refractivity contribution is 0.155. The second-order valence-electron chi connectivity index (χ2n) is 7.16. The maximum absolute atomic E-state index is 2.51. The highest BCUT2D eigenvalue weighted by Crippen LogP contribution is 2.39. The fraction of sp³-hybridized carbons (Fsp3) is 1.00. The molecular weight excluding hydrogens is 216 g/mol. The second-order valence-corrected chi connectivity index (χ2v) is 7.16. The molecule has 0 bridgehead atoms. The first-order valence-electron chi connectivity index (χ1n) is 8.37. The Balaban J connectivity index is 4.07. The lowest BCUT2D eigenvalue weighted by Gasteiger charge is -2.35. The Labute approximate surface area is 117 Å². The van der Waals surface area contributed by atoms with Crippen molar-refractivity contribution >= 4 is 0 Å². The van der Waals surface area contributed by atoms with Crippen LogP contribution in [0.3, 0.4) is 0 Å². The topological polar surface area (TPSA) is 0 Å². The first kappa shape index (κ1) is 18.0. The minimum atomic E-state index is 0.580. The van der Waals surface area contributed by atoms with Crippen molar-refractivity contribution in [1.29, 1.82) is 0 Å². The molecule has 3 atom stereocenters. The normalized spacial score (nSPS) is 18.7. The lowest BCUT2D eigenvalue weighted by Crippen LogP contribution is -2.25. The second kappa shape index (κ2) is 8.99. The van der Waals surface area contributed by atoms with E-state index in [1.807, 2.05) is 0 Å². The van der Waals surface area contributed by atoms with Gasteiger partial charge in [-0.25, -0.2) is 0 Å². The van der Waals surface area contributed by atoms with Gasteiger partial charge in [0.2, 0.25) is 0 Å². The Bertz CT molecular complexity index is 194. The van der Waals surface area contributed by atoms with Crippen molar-refractivity contribution in [2.75, 3.05) is 0 Å². The zero-order valence-electron chi connectivity index (χ0n) is 14.2. The monoisotopic (exact) mass is 254 g/mol. The molecule has 0 aliphatic carbocycles. The maximum Gasteiger partial charge on any atom is -0.0303 e. The average Bonchev–Trinajstić information content (AvgIpc) is 2.35. The molecule has 0 aromatic heterocycles. The quantitative estimate of drug-likeness (QED) is 0.407. The molecule has 0 spiro atoms. The summed E-state index contributed by atoms with van der Waals surface area (Å²) in [5, 5.41) is 0. The van der Waals surface area contributed by atoms with Gasteiger partial charge in [0.25, 0.3) is 0 Å². The zero-order chi connectivity index (χ0) is 14.2. The Morgan fingerprint density at radius 2 is 1.50 bits per heavy atom. The van der Waals surface area contributed by atoms with E-state index in [9.17, 15) is 0 Å². The molecule has 0 fully saturated rings. The third-order valence-electron chi connectivity index (χ3n) is 5.53. The van der Waals surface area contributed by atoms with Crippen molar-refractivity contribution in [3.8, 4) is 0 Å². The minimum absolute atomic E-state index is 0.580. The molecule has 0 rings (SSSR count). The van der Waals surface area contributed by atoms with Crippen LogP contribution >= 0.6 is 0 Å². The molecule has 3 unspecified atom stereocenters. The van der Waals surface area contributed by atoms with Crippen molar-refractivity contribution in [3.05, 3.63) is 0 Å². The van der Waals surface area contributed by atoms with Gasteiger partial charge in [0.1, 0.15) is 0 Å². The molecule has 110 valence electrons. The predicted octanol–water partition coefficient (Wildman–Crippen LogP) is 6.69. The number of hydrogen-bond acceptors (Lipinski definition) is 0. The van der Waals surface area contributed by atoms with Crippen LogP contribution in [-0.2, 0) is 0 Å². The Hall–Kier alpha value is 0.